The number of rotatable bonds is 7. The van der Waals surface area contributed by atoms with Crippen molar-refractivity contribution >= 4 is 17.4 Å². The second kappa shape index (κ2) is 10.7. The first kappa shape index (κ1) is 21.8. The molecule has 1 aliphatic heterocycles. The van der Waals surface area contributed by atoms with Crippen LogP contribution in [0.25, 0.3) is 5.57 Å². The molecule has 1 amide bonds. The molecule has 0 spiro atoms. The minimum absolute atomic E-state index is 0.00600. The van der Waals surface area contributed by atoms with Crippen LogP contribution >= 0.6 is 0 Å². The number of aliphatic imine (C=N–C) groups is 1. The highest BCUT2D eigenvalue weighted by molar-refractivity contribution is 5.85. The number of carbonyl (C=O) groups excluding carboxylic acids is 1. The van der Waals surface area contributed by atoms with Crippen LogP contribution in [0.15, 0.2) is 35.3 Å². The van der Waals surface area contributed by atoms with Crippen LogP contribution in [0.3, 0.4) is 0 Å². The van der Waals surface area contributed by atoms with Crippen LogP contribution in [0.5, 0.6) is 5.75 Å². The van der Waals surface area contributed by atoms with Crippen molar-refractivity contribution in [3.05, 3.63) is 35.9 Å². The quantitative estimate of drug-likeness (QED) is 0.578. The van der Waals surface area contributed by atoms with E-state index < -0.39 is 0 Å². The fourth-order valence-electron chi connectivity index (χ4n) is 2.90. The number of nitrogens with zero attached hydrogens (tertiary/aromatic N) is 3. The van der Waals surface area contributed by atoms with E-state index >= 15 is 0 Å². The largest absolute Gasteiger partial charge is 0.494 e. The molecule has 0 saturated carbocycles. The zero-order valence-corrected chi connectivity index (χ0v) is 17.9. The van der Waals surface area contributed by atoms with Gasteiger partial charge in [-0.1, -0.05) is 32.1 Å². The third-order valence-electron chi connectivity index (χ3n) is 4.58. The second-order valence-corrected chi connectivity index (χ2v) is 7.59. The molecule has 0 aliphatic carbocycles. The Morgan fingerprint density at radius 3 is 2.54 bits per heavy atom. The summed E-state index contributed by atoms with van der Waals surface area (Å²) in [7, 11) is 3.51. The number of benzene rings is 1. The molecular formula is C22H34N4O2. The average molecular weight is 387 g/mol. The highest BCUT2D eigenvalue weighted by Crippen LogP contribution is 2.24. The molecular weight excluding hydrogens is 352 g/mol. The maximum absolute atomic E-state index is 11.9. The monoisotopic (exact) mass is 386 g/mol. The third kappa shape index (κ3) is 6.59. The standard InChI is InChI=1S/C22H34N4O2/c1-6-28-20-9-7-18(8-10-20)19-11-13-26(14-12-19)22(23-15-17(2)3)24-16-21(27)25(4)5/h7-11,17H,6,12-16H2,1-5H3,(H,23,24). The molecule has 1 aromatic carbocycles. The summed E-state index contributed by atoms with van der Waals surface area (Å²) in [5.41, 5.74) is 2.58. The van der Waals surface area contributed by atoms with Gasteiger partial charge in [-0.25, -0.2) is 4.99 Å². The van der Waals surface area contributed by atoms with Crippen LogP contribution in [0.1, 0.15) is 32.8 Å². The normalized spacial score (nSPS) is 14.7. The molecule has 0 aromatic heterocycles. The van der Waals surface area contributed by atoms with Gasteiger partial charge in [0.05, 0.1) is 6.61 Å². The summed E-state index contributed by atoms with van der Waals surface area (Å²) in [5, 5.41) is 3.42. The van der Waals surface area contributed by atoms with Gasteiger partial charge in [-0.2, -0.15) is 0 Å². The number of ether oxygens (including phenoxy) is 1. The topological polar surface area (TPSA) is 57.2 Å². The maximum atomic E-state index is 11.9. The third-order valence-corrected chi connectivity index (χ3v) is 4.58. The van der Waals surface area contributed by atoms with Gasteiger partial charge in [0.2, 0.25) is 5.91 Å². The lowest BCUT2D eigenvalue weighted by Crippen LogP contribution is -2.45. The SMILES string of the molecule is CCOc1ccc(C2=CCN(C(=NCC(=O)N(C)C)NCC(C)C)CC2)cc1. The van der Waals surface area contributed by atoms with E-state index in [2.05, 4.69) is 47.3 Å². The van der Waals surface area contributed by atoms with E-state index in [1.807, 2.05) is 19.1 Å². The molecule has 0 radical (unpaired) electrons. The van der Waals surface area contributed by atoms with E-state index in [1.54, 1.807) is 19.0 Å². The second-order valence-electron chi connectivity index (χ2n) is 7.59. The lowest BCUT2D eigenvalue weighted by molar-refractivity contribution is -0.127. The number of carbonyl (C=O) groups is 1. The van der Waals surface area contributed by atoms with Gasteiger partial charge in [-0.3, -0.25) is 4.79 Å². The molecule has 2 rings (SSSR count). The molecule has 0 unspecified atom stereocenters. The van der Waals surface area contributed by atoms with E-state index in [-0.39, 0.29) is 12.5 Å². The van der Waals surface area contributed by atoms with E-state index in [0.29, 0.717) is 12.5 Å². The molecule has 1 aliphatic rings. The molecule has 1 N–H and O–H groups in total. The van der Waals surface area contributed by atoms with Gasteiger partial charge in [0.25, 0.3) is 0 Å². The number of hydrogen-bond acceptors (Lipinski definition) is 3. The van der Waals surface area contributed by atoms with Crippen LogP contribution in [0, 0.1) is 5.92 Å². The van der Waals surface area contributed by atoms with Crippen LogP contribution in [-0.4, -0.2) is 68.5 Å². The Morgan fingerprint density at radius 1 is 1.29 bits per heavy atom. The number of nitrogens with one attached hydrogen (secondary N) is 1. The van der Waals surface area contributed by atoms with Gasteiger partial charge in [0, 0.05) is 33.7 Å². The van der Waals surface area contributed by atoms with Gasteiger partial charge < -0.3 is 19.9 Å². The van der Waals surface area contributed by atoms with Gasteiger partial charge >= 0.3 is 0 Å². The fraction of sp³-hybridized carbons (Fsp3) is 0.545. The first-order valence-electron chi connectivity index (χ1n) is 10.1. The highest BCUT2D eigenvalue weighted by atomic mass is 16.5. The number of guanidine groups is 1. The summed E-state index contributed by atoms with van der Waals surface area (Å²) >= 11 is 0. The van der Waals surface area contributed by atoms with E-state index in [0.717, 1.165) is 37.8 Å². The van der Waals surface area contributed by atoms with Crippen molar-refractivity contribution in [3.8, 4) is 5.75 Å². The van der Waals surface area contributed by atoms with E-state index in [9.17, 15) is 4.79 Å². The van der Waals surface area contributed by atoms with Crippen LogP contribution in [-0.2, 0) is 4.79 Å². The van der Waals surface area contributed by atoms with Crippen molar-refractivity contribution < 1.29 is 9.53 Å². The van der Waals surface area contributed by atoms with Crippen LogP contribution < -0.4 is 10.1 Å². The minimum Gasteiger partial charge on any atom is -0.494 e. The summed E-state index contributed by atoms with van der Waals surface area (Å²) in [4.78, 5) is 20.3. The van der Waals surface area contributed by atoms with Crippen LogP contribution in [0.4, 0.5) is 0 Å². The Hall–Kier alpha value is -2.50. The predicted octanol–water partition coefficient (Wildman–Crippen LogP) is 2.86. The Morgan fingerprint density at radius 2 is 2.00 bits per heavy atom. The van der Waals surface area contributed by atoms with Gasteiger partial charge in [0.1, 0.15) is 12.3 Å². The lowest BCUT2D eigenvalue weighted by atomic mass is 9.99. The summed E-state index contributed by atoms with van der Waals surface area (Å²) < 4.78 is 5.52. The van der Waals surface area contributed by atoms with Crippen LogP contribution in [0.2, 0.25) is 0 Å². The summed E-state index contributed by atoms with van der Waals surface area (Å²) in [6.07, 6.45) is 3.19. The van der Waals surface area contributed by atoms with Gasteiger partial charge in [-0.15, -0.1) is 0 Å². The van der Waals surface area contributed by atoms with Crippen molar-refractivity contribution in [2.75, 3.05) is 46.9 Å². The molecule has 154 valence electrons. The zero-order chi connectivity index (χ0) is 20.5. The number of likely N-dealkylation sites (N-methyl/N-ethyl adjacent to an activating group) is 1. The Bertz CT molecular complexity index is 693. The first-order valence-corrected chi connectivity index (χ1v) is 10.1. The number of hydrogen-bond donors (Lipinski definition) is 1. The Balaban J connectivity index is 2.05. The first-order chi connectivity index (χ1) is 13.4. The van der Waals surface area contributed by atoms with Gasteiger partial charge in [0.15, 0.2) is 5.96 Å². The fourth-order valence-corrected chi connectivity index (χ4v) is 2.90. The van der Waals surface area contributed by atoms with Crippen molar-refractivity contribution in [2.45, 2.75) is 27.2 Å². The lowest BCUT2D eigenvalue weighted by Gasteiger charge is -2.30. The van der Waals surface area contributed by atoms with E-state index in [1.165, 1.54) is 11.1 Å². The predicted molar refractivity (Wildman–Crippen MR) is 116 cm³/mol. The summed E-state index contributed by atoms with van der Waals surface area (Å²) in [6, 6.07) is 8.29. The number of amides is 1. The molecule has 6 nitrogen and oxygen atoms in total. The van der Waals surface area contributed by atoms with Gasteiger partial charge in [-0.05, 0) is 42.5 Å². The smallest absolute Gasteiger partial charge is 0.243 e. The average Bonchev–Trinajstić information content (AvgIpc) is 2.68. The molecule has 28 heavy (non-hydrogen) atoms. The molecule has 1 heterocycles. The molecule has 6 heteroatoms. The Kier molecular flexibility index (Phi) is 8.36. The minimum atomic E-state index is 0.00600. The molecule has 0 bridgehead atoms. The molecule has 0 fully saturated rings. The maximum Gasteiger partial charge on any atom is 0.243 e. The van der Waals surface area contributed by atoms with Crippen molar-refractivity contribution in [1.29, 1.82) is 0 Å². The highest BCUT2D eigenvalue weighted by Gasteiger charge is 2.17. The van der Waals surface area contributed by atoms with Crippen molar-refractivity contribution in [1.82, 2.24) is 15.1 Å². The summed E-state index contributed by atoms with van der Waals surface area (Å²) in [5.74, 6) is 2.23. The van der Waals surface area contributed by atoms with E-state index in [4.69, 9.17) is 4.74 Å². The Labute approximate surface area is 169 Å². The van der Waals surface area contributed by atoms with Crippen molar-refractivity contribution in [3.63, 3.8) is 0 Å². The molecule has 1 aromatic rings. The van der Waals surface area contributed by atoms with Crippen molar-refractivity contribution in [2.24, 2.45) is 10.9 Å². The molecule has 0 atom stereocenters. The summed E-state index contributed by atoms with van der Waals surface area (Å²) in [6.45, 7) is 9.65. The zero-order valence-electron chi connectivity index (χ0n) is 17.9. The molecule has 0 saturated heterocycles.